The van der Waals surface area contributed by atoms with E-state index in [4.69, 9.17) is 0 Å². The van der Waals surface area contributed by atoms with Crippen molar-refractivity contribution in [2.24, 2.45) is 7.05 Å². The molecule has 1 heteroatoms. The number of benzene rings is 1. The van der Waals surface area contributed by atoms with Crippen LogP contribution < -0.4 is 0 Å². The van der Waals surface area contributed by atoms with E-state index in [9.17, 15) is 0 Å². The lowest BCUT2D eigenvalue weighted by Gasteiger charge is -2.12. The Labute approximate surface area is 104 Å². The minimum absolute atomic E-state index is 0.666. The maximum absolute atomic E-state index is 2.35. The van der Waals surface area contributed by atoms with Crippen molar-refractivity contribution in [2.75, 3.05) is 0 Å². The molecule has 0 fully saturated rings. The molecule has 0 aliphatic rings. The summed E-state index contributed by atoms with van der Waals surface area (Å²) < 4.78 is 2.35. The van der Waals surface area contributed by atoms with Gasteiger partial charge in [0.15, 0.2) is 0 Å². The minimum atomic E-state index is 0.666. The molecule has 2 rings (SSSR count). The van der Waals surface area contributed by atoms with E-state index < -0.39 is 0 Å². The lowest BCUT2D eigenvalue weighted by Crippen LogP contribution is -2.01. The smallest absolute Gasteiger partial charge is 0.0479 e. The average Bonchev–Trinajstić information content (AvgIpc) is 2.68. The first kappa shape index (κ1) is 12.2. The number of fused-ring (bicyclic) bond motifs is 1. The van der Waals surface area contributed by atoms with Crippen LogP contribution in [0.5, 0.6) is 0 Å². The van der Waals surface area contributed by atoms with Gasteiger partial charge in [-0.15, -0.1) is 0 Å². The molecule has 1 heterocycles. The van der Waals surface area contributed by atoms with Crippen molar-refractivity contribution in [1.29, 1.82) is 0 Å². The van der Waals surface area contributed by atoms with Gasteiger partial charge in [0.05, 0.1) is 0 Å². The van der Waals surface area contributed by atoms with Gasteiger partial charge in [-0.2, -0.15) is 0 Å². The summed E-state index contributed by atoms with van der Waals surface area (Å²) in [4.78, 5) is 0. The molecule has 0 radical (unpaired) electrons. The first-order chi connectivity index (χ1) is 8.24. The Kier molecular flexibility index (Phi) is 3.88. The van der Waals surface area contributed by atoms with E-state index >= 15 is 0 Å². The summed E-state index contributed by atoms with van der Waals surface area (Å²) in [5, 5.41) is 1.37. The molecule has 0 saturated carbocycles. The van der Waals surface area contributed by atoms with Gasteiger partial charge < -0.3 is 4.57 Å². The van der Waals surface area contributed by atoms with E-state index in [2.05, 4.69) is 55.8 Å². The molecule has 2 aromatic rings. The van der Waals surface area contributed by atoms with Gasteiger partial charge in [-0.25, -0.2) is 0 Å². The van der Waals surface area contributed by atoms with Crippen LogP contribution in [0, 0.1) is 0 Å². The molecule has 0 amide bonds. The Morgan fingerprint density at radius 2 is 1.94 bits per heavy atom. The Morgan fingerprint density at radius 3 is 2.65 bits per heavy atom. The van der Waals surface area contributed by atoms with Gasteiger partial charge in [-0.3, -0.25) is 0 Å². The second-order valence-corrected chi connectivity index (χ2v) is 5.08. The van der Waals surface area contributed by atoms with Gasteiger partial charge in [0.2, 0.25) is 0 Å². The number of para-hydroxylation sites is 1. The summed E-state index contributed by atoms with van der Waals surface area (Å²) in [5.41, 5.74) is 2.83. The van der Waals surface area contributed by atoms with Crippen molar-refractivity contribution in [3.05, 3.63) is 36.0 Å². The number of unbranched alkanes of at least 4 members (excludes halogenated alkanes) is 2. The van der Waals surface area contributed by atoms with Crippen LogP contribution in [0.1, 0.15) is 51.1 Å². The highest BCUT2D eigenvalue weighted by Crippen LogP contribution is 2.27. The van der Waals surface area contributed by atoms with Crippen LogP contribution >= 0.6 is 0 Å². The largest absolute Gasteiger partial charge is 0.347 e. The SMILES string of the molecule is CCCCCC(C)c1cc2ccccc2n1C. The van der Waals surface area contributed by atoms with Crippen LogP contribution in [0.15, 0.2) is 30.3 Å². The predicted molar refractivity (Wildman–Crippen MR) is 75.5 cm³/mol. The highest BCUT2D eigenvalue weighted by atomic mass is 14.9. The number of aryl methyl sites for hydroxylation is 1. The number of aromatic nitrogens is 1. The second-order valence-electron chi connectivity index (χ2n) is 5.08. The van der Waals surface area contributed by atoms with Crippen LogP contribution in [0.4, 0.5) is 0 Å². The zero-order chi connectivity index (χ0) is 12.3. The quantitative estimate of drug-likeness (QED) is 0.645. The molecular weight excluding hydrogens is 206 g/mol. The van der Waals surface area contributed by atoms with E-state index in [1.165, 1.54) is 42.3 Å². The molecule has 0 N–H and O–H groups in total. The Bertz CT molecular complexity index is 481. The van der Waals surface area contributed by atoms with Gasteiger partial charge >= 0.3 is 0 Å². The molecule has 0 bridgehead atoms. The van der Waals surface area contributed by atoms with Crippen molar-refractivity contribution in [3.8, 4) is 0 Å². The maximum atomic E-state index is 2.35. The fourth-order valence-electron chi connectivity index (χ4n) is 2.63. The second kappa shape index (κ2) is 5.39. The molecule has 92 valence electrons. The van der Waals surface area contributed by atoms with Gasteiger partial charge in [0.25, 0.3) is 0 Å². The zero-order valence-corrected chi connectivity index (χ0v) is 11.2. The fourth-order valence-corrected chi connectivity index (χ4v) is 2.63. The molecule has 0 spiro atoms. The van der Waals surface area contributed by atoms with Crippen molar-refractivity contribution < 1.29 is 0 Å². The standard InChI is InChI=1S/C16H23N/c1-4-5-6-9-13(2)16-12-14-10-7-8-11-15(14)17(16)3/h7-8,10-13H,4-6,9H2,1-3H3. The van der Waals surface area contributed by atoms with Gasteiger partial charge in [-0.1, -0.05) is 51.3 Å². The third-order valence-corrected chi connectivity index (χ3v) is 3.73. The lowest BCUT2D eigenvalue weighted by atomic mass is 10.00. The number of hydrogen-bond acceptors (Lipinski definition) is 0. The predicted octanol–water partition coefficient (Wildman–Crippen LogP) is 4.86. The average molecular weight is 229 g/mol. The van der Waals surface area contributed by atoms with E-state index in [0.717, 1.165) is 0 Å². The van der Waals surface area contributed by atoms with Crippen molar-refractivity contribution >= 4 is 10.9 Å². The van der Waals surface area contributed by atoms with E-state index in [1.54, 1.807) is 0 Å². The molecule has 1 unspecified atom stereocenters. The zero-order valence-electron chi connectivity index (χ0n) is 11.2. The van der Waals surface area contributed by atoms with Crippen LogP contribution in [0.25, 0.3) is 10.9 Å². The summed E-state index contributed by atoms with van der Waals surface area (Å²) in [5.74, 6) is 0.666. The summed E-state index contributed by atoms with van der Waals surface area (Å²) in [6.45, 7) is 4.62. The molecule has 0 aliphatic carbocycles. The number of rotatable bonds is 5. The molecule has 1 nitrogen and oxygen atoms in total. The Balaban J connectivity index is 2.20. The highest BCUT2D eigenvalue weighted by molar-refractivity contribution is 5.81. The van der Waals surface area contributed by atoms with Crippen molar-refractivity contribution in [3.63, 3.8) is 0 Å². The van der Waals surface area contributed by atoms with E-state index in [1.807, 2.05) is 0 Å². The molecule has 1 aromatic carbocycles. The minimum Gasteiger partial charge on any atom is -0.347 e. The monoisotopic (exact) mass is 229 g/mol. The summed E-state index contributed by atoms with van der Waals surface area (Å²) >= 11 is 0. The summed E-state index contributed by atoms with van der Waals surface area (Å²) in [7, 11) is 2.19. The molecule has 17 heavy (non-hydrogen) atoms. The lowest BCUT2D eigenvalue weighted by molar-refractivity contribution is 0.576. The third kappa shape index (κ3) is 2.54. The first-order valence-corrected chi connectivity index (χ1v) is 6.78. The van der Waals surface area contributed by atoms with Crippen LogP contribution in [0.2, 0.25) is 0 Å². The van der Waals surface area contributed by atoms with Crippen molar-refractivity contribution in [1.82, 2.24) is 4.57 Å². The normalized spacial score (nSPS) is 13.1. The molecule has 1 atom stereocenters. The fraction of sp³-hybridized carbons (Fsp3) is 0.500. The van der Waals surface area contributed by atoms with Crippen LogP contribution in [-0.2, 0) is 7.05 Å². The maximum Gasteiger partial charge on any atom is 0.0479 e. The third-order valence-electron chi connectivity index (χ3n) is 3.73. The molecular formula is C16H23N. The molecule has 1 aromatic heterocycles. The highest BCUT2D eigenvalue weighted by Gasteiger charge is 2.11. The first-order valence-electron chi connectivity index (χ1n) is 6.78. The van der Waals surface area contributed by atoms with Gasteiger partial charge in [0, 0.05) is 18.3 Å². The van der Waals surface area contributed by atoms with Crippen molar-refractivity contribution in [2.45, 2.75) is 45.4 Å². The van der Waals surface area contributed by atoms with Gasteiger partial charge in [0.1, 0.15) is 0 Å². The molecule has 0 saturated heterocycles. The van der Waals surface area contributed by atoms with Crippen LogP contribution in [-0.4, -0.2) is 4.57 Å². The van der Waals surface area contributed by atoms with Crippen LogP contribution in [0.3, 0.4) is 0 Å². The summed E-state index contributed by atoms with van der Waals surface area (Å²) in [6.07, 6.45) is 5.31. The van der Waals surface area contributed by atoms with Gasteiger partial charge in [-0.05, 0) is 29.9 Å². The van der Waals surface area contributed by atoms with E-state index in [0.29, 0.717) is 5.92 Å². The topological polar surface area (TPSA) is 4.93 Å². The Hall–Kier alpha value is -1.24. The number of nitrogens with zero attached hydrogens (tertiary/aromatic N) is 1. The Morgan fingerprint density at radius 1 is 1.18 bits per heavy atom. The number of hydrogen-bond donors (Lipinski definition) is 0. The summed E-state index contributed by atoms with van der Waals surface area (Å²) in [6, 6.07) is 11.0. The molecule has 0 aliphatic heterocycles. The van der Waals surface area contributed by atoms with E-state index in [-0.39, 0.29) is 0 Å².